The number of carbonyl (C=O) groups is 3. The molecule has 0 aromatic heterocycles. The van der Waals surface area contributed by atoms with Crippen molar-refractivity contribution >= 4 is 17.9 Å². The van der Waals surface area contributed by atoms with E-state index in [2.05, 4.69) is 0 Å². The lowest BCUT2D eigenvalue weighted by Gasteiger charge is -2.30. The molecule has 0 saturated heterocycles. The van der Waals surface area contributed by atoms with Crippen LogP contribution in [0.1, 0.15) is 34.1 Å². The predicted molar refractivity (Wildman–Crippen MR) is 62.6 cm³/mol. The summed E-state index contributed by atoms with van der Waals surface area (Å²) in [6, 6.07) is 0. The minimum atomic E-state index is -0.691. The van der Waals surface area contributed by atoms with Crippen LogP contribution in [0.25, 0.3) is 0 Å². The van der Waals surface area contributed by atoms with Crippen molar-refractivity contribution in [2.24, 2.45) is 5.41 Å². The van der Waals surface area contributed by atoms with Gasteiger partial charge >= 0.3 is 17.9 Å². The van der Waals surface area contributed by atoms with E-state index in [0.717, 1.165) is 0 Å². The maximum absolute atomic E-state index is 10.8. The molecule has 0 atom stereocenters. The van der Waals surface area contributed by atoms with Crippen LogP contribution in [-0.4, -0.2) is 37.7 Å². The van der Waals surface area contributed by atoms with E-state index in [9.17, 15) is 14.4 Å². The molecule has 0 aromatic carbocycles. The largest absolute Gasteiger partial charge is 0.465 e. The molecule has 0 rings (SSSR count). The van der Waals surface area contributed by atoms with Crippen LogP contribution < -0.4 is 0 Å². The number of carbonyl (C=O) groups excluding carboxylic acids is 3. The van der Waals surface area contributed by atoms with Gasteiger partial charge in [-0.1, -0.05) is 6.92 Å². The summed E-state index contributed by atoms with van der Waals surface area (Å²) < 4.78 is 14.8. The van der Waals surface area contributed by atoms with E-state index in [-0.39, 0.29) is 19.8 Å². The fraction of sp³-hybridized carbons (Fsp3) is 0.750. The van der Waals surface area contributed by atoms with E-state index in [1.54, 1.807) is 0 Å². The van der Waals surface area contributed by atoms with Crippen molar-refractivity contribution in [1.82, 2.24) is 0 Å². The third-order valence-electron chi connectivity index (χ3n) is 2.49. The number of esters is 3. The molecule has 18 heavy (non-hydrogen) atoms. The first kappa shape index (κ1) is 16.4. The molecular weight excluding hydrogens is 240 g/mol. The Balaban J connectivity index is 4.63. The van der Waals surface area contributed by atoms with E-state index in [1.165, 1.54) is 20.8 Å². The molecule has 0 heterocycles. The van der Waals surface area contributed by atoms with E-state index >= 15 is 0 Å². The lowest BCUT2D eigenvalue weighted by atomic mass is 9.88. The van der Waals surface area contributed by atoms with Crippen LogP contribution in [0.5, 0.6) is 0 Å². The molecule has 0 unspecified atom stereocenters. The van der Waals surface area contributed by atoms with Gasteiger partial charge in [0.1, 0.15) is 19.8 Å². The van der Waals surface area contributed by atoms with Gasteiger partial charge in [-0.15, -0.1) is 0 Å². The van der Waals surface area contributed by atoms with Crippen LogP contribution in [0.3, 0.4) is 0 Å². The maximum Gasteiger partial charge on any atom is 0.302 e. The van der Waals surface area contributed by atoms with Crippen molar-refractivity contribution in [1.29, 1.82) is 0 Å². The van der Waals surface area contributed by atoms with Gasteiger partial charge in [0, 0.05) is 20.8 Å². The highest BCUT2D eigenvalue weighted by Gasteiger charge is 2.33. The van der Waals surface area contributed by atoms with Crippen molar-refractivity contribution < 1.29 is 28.6 Å². The fourth-order valence-corrected chi connectivity index (χ4v) is 1.20. The molecule has 104 valence electrons. The van der Waals surface area contributed by atoms with Crippen LogP contribution in [0.4, 0.5) is 0 Å². The Hall–Kier alpha value is -1.59. The third kappa shape index (κ3) is 6.88. The third-order valence-corrected chi connectivity index (χ3v) is 2.49. The van der Waals surface area contributed by atoms with E-state index in [1.807, 2.05) is 6.92 Å². The SMILES string of the molecule is CCC(COC(C)=O)(COC(C)=O)COC(C)=O. The second-order valence-electron chi connectivity index (χ2n) is 4.19. The number of hydrogen-bond acceptors (Lipinski definition) is 6. The molecule has 0 aliphatic rings. The summed E-state index contributed by atoms with van der Waals surface area (Å²) in [5, 5.41) is 0. The standard InChI is InChI=1S/C12H20O6/c1-5-12(6-16-9(2)13,7-17-10(3)14)8-18-11(4)15/h5-8H2,1-4H3. The molecule has 0 fully saturated rings. The van der Waals surface area contributed by atoms with Crippen molar-refractivity contribution in [2.75, 3.05) is 19.8 Å². The summed E-state index contributed by atoms with van der Waals surface area (Å²) >= 11 is 0. The van der Waals surface area contributed by atoms with Gasteiger partial charge in [0.05, 0.1) is 5.41 Å². The Bertz CT molecular complexity index is 264. The second kappa shape index (κ2) is 7.68. The summed E-state index contributed by atoms with van der Waals surface area (Å²) in [5.41, 5.74) is -0.691. The summed E-state index contributed by atoms with van der Waals surface area (Å²) in [5.74, 6) is -1.30. The van der Waals surface area contributed by atoms with Gasteiger partial charge in [-0.2, -0.15) is 0 Å². The van der Waals surface area contributed by atoms with E-state index < -0.39 is 23.3 Å². The van der Waals surface area contributed by atoms with Crippen LogP contribution in [-0.2, 0) is 28.6 Å². The van der Waals surface area contributed by atoms with E-state index in [4.69, 9.17) is 14.2 Å². The zero-order chi connectivity index (χ0) is 14.2. The van der Waals surface area contributed by atoms with Crippen LogP contribution >= 0.6 is 0 Å². The van der Waals surface area contributed by atoms with Crippen molar-refractivity contribution in [3.8, 4) is 0 Å². The zero-order valence-corrected chi connectivity index (χ0v) is 11.3. The van der Waals surface area contributed by atoms with Gasteiger partial charge in [-0.25, -0.2) is 0 Å². The Morgan fingerprint density at radius 2 is 1.06 bits per heavy atom. The highest BCUT2D eigenvalue weighted by molar-refractivity contribution is 5.67. The van der Waals surface area contributed by atoms with Gasteiger partial charge in [0.25, 0.3) is 0 Å². The van der Waals surface area contributed by atoms with Crippen LogP contribution in [0, 0.1) is 5.41 Å². The normalized spacial score (nSPS) is 10.7. The summed E-state index contributed by atoms with van der Waals surface area (Å²) in [4.78, 5) is 32.5. The fourth-order valence-electron chi connectivity index (χ4n) is 1.20. The van der Waals surface area contributed by atoms with Crippen molar-refractivity contribution in [3.63, 3.8) is 0 Å². The second-order valence-corrected chi connectivity index (χ2v) is 4.19. The molecule has 0 aromatic rings. The highest BCUT2D eigenvalue weighted by Crippen LogP contribution is 2.24. The Kier molecular flexibility index (Phi) is 7.00. The molecular formula is C12H20O6. The molecule has 0 N–H and O–H groups in total. The topological polar surface area (TPSA) is 78.9 Å². The highest BCUT2D eigenvalue weighted by atomic mass is 16.6. The van der Waals surface area contributed by atoms with Gasteiger partial charge < -0.3 is 14.2 Å². The monoisotopic (exact) mass is 260 g/mol. The summed E-state index contributed by atoms with van der Waals surface area (Å²) in [7, 11) is 0. The Morgan fingerprint density at radius 1 is 0.778 bits per heavy atom. The Morgan fingerprint density at radius 3 is 1.22 bits per heavy atom. The molecule has 0 saturated carbocycles. The number of ether oxygens (including phenoxy) is 3. The maximum atomic E-state index is 10.8. The van der Waals surface area contributed by atoms with Gasteiger partial charge in [0.15, 0.2) is 0 Å². The molecule has 6 nitrogen and oxygen atoms in total. The first-order valence-corrected chi connectivity index (χ1v) is 5.71. The van der Waals surface area contributed by atoms with Gasteiger partial charge in [0.2, 0.25) is 0 Å². The number of hydrogen-bond donors (Lipinski definition) is 0. The zero-order valence-electron chi connectivity index (χ0n) is 11.3. The minimum absolute atomic E-state index is 0.0411. The average Bonchev–Trinajstić information content (AvgIpc) is 2.28. The average molecular weight is 260 g/mol. The van der Waals surface area contributed by atoms with Crippen LogP contribution in [0.15, 0.2) is 0 Å². The first-order valence-electron chi connectivity index (χ1n) is 5.71. The minimum Gasteiger partial charge on any atom is -0.465 e. The van der Waals surface area contributed by atoms with E-state index in [0.29, 0.717) is 6.42 Å². The molecule has 0 bridgehead atoms. The molecule has 0 aliphatic heterocycles. The van der Waals surface area contributed by atoms with Crippen molar-refractivity contribution in [3.05, 3.63) is 0 Å². The smallest absolute Gasteiger partial charge is 0.302 e. The predicted octanol–water partition coefficient (Wildman–Crippen LogP) is 1.07. The van der Waals surface area contributed by atoms with Gasteiger partial charge in [-0.3, -0.25) is 14.4 Å². The number of rotatable bonds is 7. The van der Waals surface area contributed by atoms with Gasteiger partial charge in [-0.05, 0) is 6.42 Å². The molecule has 0 radical (unpaired) electrons. The quantitative estimate of drug-likeness (QED) is 0.503. The summed E-state index contributed by atoms with van der Waals surface area (Å²) in [6.45, 7) is 5.84. The molecule has 6 heteroatoms. The summed E-state index contributed by atoms with van der Waals surface area (Å²) in [6.07, 6.45) is 0.542. The molecule has 0 spiro atoms. The first-order chi connectivity index (χ1) is 8.31. The Labute approximate surface area is 107 Å². The lowest BCUT2D eigenvalue weighted by Crippen LogP contribution is -2.38. The lowest BCUT2D eigenvalue weighted by molar-refractivity contribution is -0.159. The van der Waals surface area contributed by atoms with Crippen LogP contribution in [0.2, 0.25) is 0 Å². The molecule has 0 aliphatic carbocycles. The molecule has 0 amide bonds. The van der Waals surface area contributed by atoms with Crippen molar-refractivity contribution in [2.45, 2.75) is 34.1 Å².